The normalized spacial score (nSPS) is 11.0. The van der Waals surface area contributed by atoms with E-state index in [9.17, 15) is 10.2 Å². The minimum Gasteiger partial charge on any atom is -0.504 e. The molecule has 0 unspecified atom stereocenters. The van der Waals surface area contributed by atoms with Gasteiger partial charge < -0.3 is 14.8 Å². The van der Waals surface area contributed by atoms with Crippen LogP contribution in [0.4, 0.5) is 0 Å². The van der Waals surface area contributed by atoms with E-state index >= 15 is 0 Å². The van der Waals surface area contributed by atoms with Gasteiger partial charge in [0.15, 0.2) is 11.5 Å². The van der Waals surface area contributed by atoms with Crippen LogP contribution in [0.25, 0.3) is 11.0 Å². The van der Waals surface area contributed by atoms with Gasteiger partial charge in [-0.15, -0.1) is 0 Å². The second kappa shape index (κ2) is 2.90. The van der Waals surface area contributed by atoms with Crippen molar-refractivity contribution < 1.29 is 10.2 Å². The summed E-state index contributed by atoms with van der Waals surface area (Å²) in [6.07, 6.45) is 0. The molecule has 0 bridgehead atoms. The van der Waals surface area contributed by atoms with Crippen molar-refractivity contribution in [2.45, 2.75) is 20.4 Å². The standard InChI is InChI=1S/C10H12N2O2/c1-3-12-6(2)11-7-4-9(13)10(14)5-8(7)12/h4-5,13-14H,3H2,1-2H3. The lowest BCUT2D eigenvalue weighted by Gasteiger charge is -2.02. The summed E-state index contributed by atoms with van der Waals surface area (Å²) in [5.41, 5.74) is 1.56. The van der Waals surface area contributed by atoms with Gasteiger partial charge in [-0.1, -0.05) is 0 Å². The van der Waals surface area contributed by atoms with E-state index in [1.807, 2.05) is 18.4 Å². The Kier molecular flexibility index (Phi) is 1.84. The lowest BCUT2D eigenvalue weighted by molar-refractivity contribution is 0.404. The number of aromatic nitrogens is 2. The molecule has 74 valence electrons. The highest BCUT2D eigenvalue weighted by atomic mass is 16.3. The Balaban J connectivity index is 2.82. The largest absolute Gasteiger partial charge is 0.504 e. The lowest BCUT2D eigenvalue weighted by Crippen LogP contribution is -1.95. The van der Waals surface area contributed by atoms with Crippen LogP contribution in [0.15, 0.2) is 12.1 Å². The third-order valence-corrected chi connectivity index (χ3v) is 2.35. The molecule has 0 saturated heterocycles. The molecule has 4 nitrogen and oxygen atoms in total. The second-order valence-corrected chi connectivity index (χ2v) is 3.23. The zero-order valence-corrected chi connectivity index (χ0v) is 8.15. The zero-order valence-electron chi connectivity index (χ0n) is 8.15. The van der Waals surface area contributed by atoms with Gasteiger partial charge in [-0.25, -0.2) is 4.98 Å². The summed E-state index contributed by atoms with van der Waals surface area (Å²) in [4.78, 5) is 4.28. The third kappa shape index (κ3) is 1.11. The number of imidazole rings is 1. The SMILES string of the molecule is CCn1c(C)nc2cc(O)c(O)cc21. The van der Waals surface area contributed by atoms with Gasteiger partial charge in [0.05, 0.1) is 11.0 Å². The molecule has 0 saturated carbocycles. The van der Waals surface area contributed by atoms with Crippen molar-refractivity contribution in [1.29, 1.82) is 0 Å². The first-order valence-electron chi connectivity index (χ1n) is 4.52. The van der Waals surface area contributed by atoms with E-state index in [1.165, 1.54) is 12.1 Å². The van der Waals surface area contributed by atoms with Crippen molar-refractivity contribution in [1.82, 2.24) is 9.55 Å². The number of nitrogens with zero attached hydrogens (tertiary/aromatic N) is 2. The van der Waals surface area contributed by atoms with Crippen LogP contribution in [-0.2, 0) is 6.54 Å². The van der Waals surface area contributed by atoms with Crippen LogP contribution in [-0.4, -0.2) is 19.8 Å². The van der Waals surface area contributed by atoms with Crippen LogP contribution in [0.1, 0.15) is 12.7 Å². The summed E-state index contributed by atoms with van der Waals surface area (Å²) in [5, 5.41) is 18.6. The van der Waals surface area contributed by atoms with Crippen molar-refractivity contribution in [2.24, 2.45) is 0 Å². The fourth-order valence-corrected chi connectivity index (χ4v) is 1.67. The van der Waals surface area contributed by atoms with Crippen LogP contribution in [0.2, 0.25) is 0 Å². The molecule has 0 radical (unpaired) electrons. The van der Waals surface area contributed by atoms with Crippen LogP contribution in [0.3, 0.4) is 0 Å². The van der Waals surface area contributed by atoms with Crippen molar-refractivity contribution in [2.75, 3.05) is 0 Å². The molecule has 0 spiro atoms. The van der Waals surface area contributed by atoms with Crippen LogP contribution in [0.5, 0.6) is 11.5 Å². The van der Waals surface area contributed by atoms with Crippen LogP contribution < -0.4 is 0 Å². The molecule has 0 amide bonds. The van der Waals surface area contributed by atoms with E-state index in [-0.39, 0.29) is 11.5 Å². The number of benzene rings is 1. The van der Waals surface area contributed by atoms with E-state index < -0.39 is 0 Å². The second-order valence-electron chi connectivity index (χ2n) is 3.23. The van der Waals surface area contributed by atoms with Crippen molar-refractivity contribution in [3.63, 3.8) is 0 Å². The monoisotopic (exact) mass is 192 g/mol. The minimum absolute atomic E-state index is 0.105. The van der Waals surface area contributed by atoms with Crippen LogP contribution >= 0.6 is 0 Å². The highest BCUT2D eigenvalue weighted by Gasteiger charge is 2.09. The molecule has 0 aliphatic heterocycles. The predicted molar refractivity (Wildman–Crippen MR) is 53.5 cm³/mol. The fourth-order valence-electron chi connectivity index (χ4n) is 1.67. The third-order valence-electron chi connectivity index (χ3n) is 2.35. The Hall–Kier alpha value is -1.71. The number of hydrogen-bond acceptors (Lipinski definition) is 3. The number of hydrogen-bond donors (Lipinski definition) is 2. The van der Waals surface area contributed by atoms with Crippen molar-refractivity contribution >= 4 is 11.0 Å². The maximum absolute atomic E-state index is 9.36. The quantitative estimate of drug-likeness (QED) is 0.677. The Morgan fingerprint density at radius 2 is 1.93 bits per heavy atom. The van der Waals surface area contributed by atoms with Gasteiger partial charge in [0.2, 0.25) is 0 Å². The molecule has 1 heterocycles. The first kappa shape index (κ1) is 8.87. The molecule has 1 aromatic carbocycles. The Bertz CT molecular complexity index is 488. The summed E-state index contributed by atoms with van der Waals surface area (Å²) in [6.45, 7) is 4.71. The molecule has 14 heavy (non-hydrogen) atoms. The number of rotatable bonds is 1. The van der Waals surface area contributed by atoms with Gasteiger partial charge in [0.1, 0.15) is 5.82 Å². The summed E-state index contributed by atoms with van der Waals surface area (Å²) in [6, 6.07) is 3.01. The maximum Gasteiger partial charge on any atom is 0.159 e. The average molecular weight is 192 g/mol. The predicted octanol–water partition coefficient (Wildman–Crippen LogP) is 1.78. The van der Waals surface area contributed by atoms with E-state index in [2.05, 4.69) is 4.98 Å². The summed E-state index contributed by atoms with van der Waals surface area (Å²) in [7, 11) is 0. The van der Waals surface area contributed by atoms with Gasteiger partial charge in [-0.05, 0) is 13.8 Å². The van der Waals surface area contributed by atoms with Gasteiger partial charge in [-0.3, -0.25) is 0 Å². The van der Waals surface area contributed by atoms with E-state index in [4.69, 9.17) is 0 Å². The molecular weight excluding hydrogens is 180 g/mol. The Labute approximate surface area is 81.4 Å². The van der Waals surface area contributed by atoms with Gasteiger partial charge >= 0.3 is 0 Å². The lowest BCUT2D eigenvalue weighted by atomic mass is 10.2. The molecule has 2 N–H and O–H groups in total. The molecule has 0 atom stereocenters. The molecule has 2 aromatic rings. The topological polar surface area (TPSA) is 58.3 Å². The minimum atomic E-state index is -0.127. The number of phenolic OH excluding ortho intramolecular Hbond substituents is 2. The molecule has 2 rings (SSSR count). The fraction of sp³-hybridized carbons (Fsp3) is 0.300. The maximum atomic E-state index is 9.36. The summed E-state index contributed by atoms with van der Waals surface area (Å²) >= 11 is 0. The van der Waals surface area contributed by atoms with Crippen LogP contribution in [0, 0.1) is 6.92 Å². The van der Waals surface area contributed by atoms with Crippen molar-refractivity contribution in [3.05, 3.63) is 18.0 Å². The smallest absolute Gasteiger partial charge is 0.159 e. The first-order valence-corrected chi connectivity index (χ1v) is 4.52. The van der Waals surface area contributed by atoms with E-state index in [1.54, 1.807) is 0 Å². The van der Waals surface area contributed by atoms with E-state index in [0.717, 1.165) is 17.9 Å². The van der Waals surface area contributed by atoms with Gasteiger partial charge in [0, 0.05) is 18.7 Å². The number of aromatic hydroxyl groups is 2. The molecule has 1 aromatic heterocycles. The highest BCUT2D eigenvalue weighted by molar-refractivity contribution is 5.80. The zero-order chi connectivity index (χ0) is 10.3. The first-order chi connectivity index (χ1) is 6.63. The molecule has 0 aliphatic carbocycles. The Morgan fingerprint density at radius 3 is 2.57 bits per heavy atom. The average Bonchev–Trinajstić information content (AvgIpc) is 2.42. The number of fused-ring (bicyclic) bond motifs is 1. The molecule has 4 heteroatoms. The summed E-state index contributed by atoms with van der Waals surface area (Å²) < 4.78 is 1.98. The number of aryl methyl sites for hydroxylation is 2. The highest BCUT2D eigenvalue weighted by Crippen LogP contribution is 2.30. The summed E-state index contributed by atoms with van der Waals surface area (Å²) in [5.74, 6) is 0.651. The molecule has 0 fully saturated rings. The molecular formula is C10H12N2O2. The van der Waals surface area contributed by atoms with E-state index in [0.29, 0.717) is 5.52 Å². The molecule has 0 aliphatic rings. The van der Waals surface area contributed by atoms with Gasteiger partial charge in [0.25, 0.3) is 0 Å². The van der Waals surface area contributed by atoms with Gasteiger partial charge in [-0.2, -0.15) is 0 Å². The number of phenols is 2. The Morgan fingerprint density at radius 1 is 1.29 bits per heavy atom. The van der Waals surface area contributed by atoms with Crippen molar-refractivity contribution in [3.8, 4) is 11.5 Å².